The van der Waals surface area contributed by atoms with Gasteiger partial charge in [0.15, 0.2) is 11.6 Å². The maximum absolute atomic E-state index is 11.5. The van der Waals surface area contributed by atoms with E-state index in [1.807, 2.05) is 19.1 Å². The van der Waals surface area contributed by atoms with E-state index in [1.54, 1.807) is 35.9 Å². The maximum Gasteiger partial charge on any atom is 0.192 e. The fourth-order valence-corrected chi connectivity index (χ4v) is 4.82. The highest BCUT2D eigenvalue weighted by molar-refractivity contribution is 9.10. The van der Waals surface area contributed by atoms with Crippen LogP contribution in [0.15, 0.2) is 43.3 Å². The van der Waals surface area contributed by atoms with E-state index in [-0.39, 0.29) is 11.6 Å². The number of Topliss-reactive ketones (excluding diaryl/α,β-unsaturated/α-hetero) is 2. The standard InChI is InChI=1S/C9H9Br2NOS.C9H10BrNOS/c1-2-14-8-3-6(11)5-12-9(8)7(13)4-10;1-3-13-8-4-7(10)5-11-9(8)6(2)12/h3,5H,2,4H2,1H3;4-5H,3H2,1-2H3. The number of hydrogen-bond donors (Lipinski definition) is 0. The molecule has 0 N–H and O–H groups in total. The van der Waals surface area contributed by atoms with E-state index in [1.165, 1.54) is 6.92 Å². The van der Waals surface area contributed by atoms with E-state index in [0.29, 0.717) is 16.7 Å². The number of aromatic nitrogens is 2. The molecule has 0 aliphatic carbocycles. The molecule has 0 atom stereocenters. The van der Waals surface area contributed by atoms with Crippen LogP contribution >= 0.6 is 71.3 Å². The maximum atomic E-state index is 11.5. The summed E-state index contributed by atoms with van der Waals surface area (Å²) >= 11 is 13.1. The Morgan fingerprint density at radius 3 is 1.78 bits per heavy atom. The SMILES string of the molecule is CCSc1cc(Br)cnc1C(=O)CBr.CCSc1cc(Br)cnc1C(C)=O. The minimum absolute atomic E-state index is 0.0171. The Morgan fingerprint density at radius 1 is 0.926 bits per heavy atom. The van der Waals surface area contributed by atoms with Crippen LogP contribution in [0.1, 0.15) is 41.7 Å². The smallest absolute Gasteiger partial charge is 0.192 e. The lowest BCUT2D eigenvalue weighted by molar-refractivity contribution is 0.1000. The van der Waals surface area contributed by atoms with Gasteiger partial charge in [-0.1, -0.05) is 29.8 Å². The lowest BCUT2D eigenvalue weighted by Crippen LogP contribution is -2.05. The van der Waals surface area contributed by atoms with Crippen molar-refractivity contribution in [1.82, 2.24) is 9.97 Å². The zero-order valence-electron chi connectivity index (χ0n) is 15.1. The molecule has 0 bridgehead atoms. The van der Waals surface area contributed by atoms with Crippen molar-refractivity contribution in [2.24, 2.45) is 0 Å². The van der Waals surface area contributed by atoms with Gasteiger partial charge < -0.3 is 0 Å². The number of halogens is 3. The summed E-state index contributed by atoms with van der Waals surface area (Å²) in [7, 11) is 0. The van der Waals surface area contributed by atoms with E-state index >= 15 is 0 Å². The number of pyridine rings is 2. The molecule has 4 nitrogen and oxygen atoms in total. The van der Waals surface area contributed by atoms with Crippen LogP contribution in [0.4, 0.5) is 0 Å². The molecule has 2 rings (SSSR count). The van der Waals surface area contributed by atoms with Crippen molar-refractivity contribution in [2.75, 3.05) is 16.8 Å². The van der Waals surface area contributed by atoms with Gasteiger partial charge in [-0.15, -0.1) is 23.5 Å². The minimum Gasteiger partial charge on any atom is -0.293 e. The van der Waals surface area contributed by atoms with Crippen molar-refractivity contribution in [3.8, 4) is 0 Å². The lowest BCUT2D eigenvalue weighted by Gasteiger charge is -2.05. The van der Waals surface area contributed by atoms with Gasteiger partial charge in [0.2, 0.25) is 0 Å². The molecule has 0 saturated carbocycles. The molecule has 0 aliphatic heterocycles. The molecule has 2 heterocycles. The zero-order valence-corrected chi connectivity index (χ0v) is 21.5. The molecule has 0 spiro atoms. The Morgan fingerprint density at radius 2 is 1.37 bits per heavy atom. The average molecular weight is 599 g/mol. The highest BCUT2D eigenvalue weighted by atomic mass is 79.9. The topological polar surface area (TPSA) is 59.9 Å². The second-order valence-corrected chi connectivity index (χ2v) is 9.98. The van der Waals surface area contributed by atoms with Crippen LogP contribution in [0.25, 0.3) is 0 Å². The van der Waals surface area contributed by atoms with E-state index in [9.17, 15) is 9.59 Å². The number of rotatable bonds is 7. The zero-order chi connectivity index (χ0) is 20.4. The summed E-state index contributed by atoms with van der Waals surface area (Å²) in [4.78, 5) is 32.7. The molecular formula is C18H19Br3N2O2S2. The fourth-order valence-electron chi connectivity index (χ4n) is 1.91. The van der Waals surface area contributed by atoms with Crippen molar-refractivity contribution in [3.05, 3.63) is 44.9 Å². The van der Waals surface area contributed by atoms with Gasteiger partial charge in [0.05, 0.1) is 5.33 Å². The number of alkyl halides is 1. The van der Waals surface area contributed by atoms with Crippen LogP contribution in [0.5, 0.6) is 0 Å². The summed E-state index contributed by atoms with van der Waals surface area (Å²) in [5.74, 6) is 1.91. The quantitative estimate of drug-likeness (QED) is 0.201. The molecule has 2 aromatic rings. The molecule has 0 aromatic carbocycles. The normalized spacial score (nSPS) is 10.1. The number of ketones is 2. The van der Waals surface area contributed by atoms with Crippen LogP contribution in [0, 0.1) is 0 Å². The summed E-state index contributed by atoms with van der Waals surface area (Å²) in [5.41, 5.74) is 1.12. The number of hydrogen-bond acceptors (Lipinski definition) is 6. The van der Waals surface area contributed by atoms with Crippen molar-refractivity contribution < 1.29 is 9.59 Å². The number of nitrogens with zero attached hydrogens (tertiary/aromatic N) is 2. The highest BCUT2D eigenvalue weighted by Crippen LogP contribution is 2.25. The Balaban J connectivity index is 0.000000271. The van der Waals surface area contributed by atoms with Gasteiger partial charge in [0, 0.05) is 38.1 Å². The van der Waals surface area contributed by atoms with Crippen LogP contribution in [-0.4, -0.2) is 38.4 Å². The van der Waals surface area contributed by atoms with Gasteiger partial charge in [0.25, 0.3) is 0 Å². The van der Waals surface area contributed by atoms with Gasteiger partial charge in [-0.2, -0.15) is 0 Å². The Bertz CT molecular complexity index is 804. The predicted molar refractivity (Wildman–Crippen MR) is 125 cm³/mol. The van der Waals surface area contributed by atoms with Gasteiger partial charge in [-0.3, -0.25) is 19.6 Å². The number of carbonyl (C=O) groups is 2. The number of thioether (sulfide) groups is 2. The Hall–Kier alpha value is -0.220. The molecule has 0 radical (unpaired) electrons. The Kier molecular flexibility index (Phi) is 12.0. The molecule has 0 fully saturated rings. The van der Waals surface area contributed by atoms with Crippen LogP contribution in [0.3, 0.4) is 0 Å². The van der Waals surface area contributed by atoms with Crippen LogP contribution in [0.2, 0.25) is 0 Å². The first-order valence-corrected chi connectivity index (χ1v) is 12.7. The molecule has 0 saturated heterocycles. The fraction of sp³-hybridized carbons (Fsp3) is 0.333. The molecule has 146 valence electrons. The summed E-state index contributed by atoms with van der Waals surface area (Å²) < 4.78 is 1.81. The largest absolute Gasteiger partial charge is 0.293 e. The first-order valence-electron chi connectivity index (χ1n) is 8.00. The molecule has 0 aliphatic rings. The first-order chi connectivity index (χ1) is 12.8. The molecule has 0 amide bonds. The number of carbonyl (C=O) groups excluding carboxylic acids is 2. The van der Waals surface area contributed by atoms with E-state index < -0.39 is 0 Å². The molecule has 9 heteroatoms. The van der Waals surface area contributed by atoms with E-state index in [2.05, 4.69) is 64.7 Å². The van der Waals surface area contributed by atoms with Crippen molar-refractivity contribution in [2.45, 2.75) is 30.6 Å². The molecule has 2 aromatic heterocycles. The third kappa shape index (κ3) is 8.35. The predicted octanol–water partition coefficient (Wildman–Crippen LogP) is 6.69. The second-order valence-electron chi connectivity index (χ2n) is 4.98. The lowest BCUT2D eigenvalue weighted by atomic mass is 10.3. The van der Waals surface area contributed by atoms with Crippen molar-refractivity contribution in [3.63, 3.8) is 0 Å². The third-order valence-electron chi connectivity index (χ3n) is 2.96. The average Bonchev–Trinajstić information content (AvgIpc) is 2.62. The molecule has 0 unspecified atom stereocenters. The summed E-state index contributed by atoms with van der Waals surface area (Å²) in [6, 6.07) is 3.86. The summed E-state index contributed by atoms with van der Waals surface area (Å²) in [5, 5.41) is 0.318. The molecule has 27 heavy (non-hydrogen) atoms. The van der Waals surface area contributed by atoms with Crippen molar-refractivity contribution >= 4 is 82.9 Å². The third-order valence-corrected chi connectivity index (χ3v) is 6.16. The highest BCUT2D eigenvalue weighted by Gasteiger charge is 2.12. The van der Waals surface area contributed by atoms with Gasteiger partial charge in [-0.05, 0) is 55.5 Å². The van der Waals surface area contributed by atoms with E-state index in [4.69, 9.17) is 0 Å². The monoisotopic (exact) mass is 596 g/mol. The first kappa shape index (κ1) is 24.8. The van der Waals surface area contributed by atoms with E-state index in [0.717, 1.165) is 30.2 Å². The van der Waals surface area contributed by atoms with Gasteiger partial charge in [-0.25, -0.2) is 0 Å². The summed E-state index contributed by atoms with van der Waals surface area (Å²) in [6.07, 6.45) is 3.30. The molecular weight excluding hydrogens is 580 g/mol. The van der Waals surface area contributed by atoms with Crippen molar-refractivity contribution in [1.29, 1.82) is 0 Å². The Labute approximate surface area is 193 Å². The minimum atomic E-state index is 0.0171. The van der Waals surface area contributed by atoms with Crippen LogP contribution in [-0.2, 0) is 0 Å². The van der Waals surface area contributed by atoms with Gasteiger partial charge >= 0.3 is 0 Å². The van der Waals surface area contributed by atoms with Gasteiger partial charge in [0.1, 0.15) is 11.4 Å². The van der Waals surface area contributed by atoms with Crippen LogP contribution < -0.4 is 0 Å². The summed E-state index contributed by atoms with van der Waals surface area (Å²) in [6.45, 7) is 5.64. The second kappa shape index (κ2) is 13.1.